The Hall–Kier alpha value is -3.85. The minimum atomic E-state index is 0.509. The van der Waals surface area contributed by atoms with E-state index in [1.807, 2.05) is 36.4 Å². The van der Waals surface area contributed by atoms with Gasteiger partial charge in [0, 0.05) is 28.0 Å². The van der Waals surface area contributed by atoms with Crippen LogP contribution in [0.25, 0.3) is 55.6 Å². The fraction of sp³-hybridized carbons (Fsp3) is 0.107. The highest BCUT2D eigenvalue weighted by molar-refractivity contribution is 6.09. The van der Waals surface area contributed by atoms with Gasteiger partial charge in [0.15, 0.2) is 5.58 Å². The molecule has 0 amide bonds. The van der Waals surface area contributed by atoms with Gasteiger partial charge in [-0.3, -0.25) is 0 Å². The Kier molecular flexibility index (Phi) is 3.97. The first kappa shape index (κ1) is 18.0. The number of fused-ring (bicyclic) bond motifs is 4. The molecule has 0 aliphatic rings. The Bertz CT molecular complexity index is 1550. The second-order valence-corrected chi connectivity index (χ2v) is 8.25. The number of nitrogens with zero attached hydrogens (tertiary/aromatic N) is 1. The highest BCUT2D eigenvalue weighted by Gasteiger charge is 2.14. The third-order valence-electron chi connectivity index (χ3n) is 5.92. The van der Waals surface area contributed by atoms with Crippen molar-refractivity contribution in [2.75, 3.05) is 0 Å². The van der Waals surface area contributed by atoms with E-state index in [2.05, 4.69) is 62.4 Å². The van der Waals surface area contributed by atoms with Gasteiger partial charge < -0.3 is 8.83 Å². The molecule has 0 N–H and O–H groups in total. The Labute approximate surface area is 179 Å². The number of rotatable bonds is 3. The molecule has 3 aromatic carbocycles. The van der Waals surface area contributed by atoms with E-state index >= 15 is 0 Å². The summed E-state index contributed by atoms with van der Waals surface area (Å²) in [6.45, 7) is 4.40. The first-order valence-electron chi connectivity index (χ1n) is 10.6. The Morgan fingerprint density at radius 1 is 0.710 bits per heavy atom. The quantitative estimate of drug-likeness (QED) is 0.299. The van der Waals surface area contributed by atoms with Crippen LogP contribution in [-0.2, 0) is 0 Å². The molecule has 31 heavy (non-hydrogen) atoms. The average Bonchev–Trinajstić information content (AvgIpc) is 3.40. The zero-order valence-corrected chi connectivity index (χ0v) is 17.4. The van der Waals surface area contributed by atoms with E-state index in [1.165, 1.54) is 5.56 Å². The van der Waals surface area contributed by atoms with Crippen molar-refractivity contribution >= 4 is 33.0 Å². The van der Waals surface area contributed by atoms with Crippen LogP contribution >= 0.6 is 0 Å². The van der Waals surface area contributed by atoms with Gasteiger partial charge >= 0.3 is 0 Å². The maximum Gasteiger partial charge on any atom is 0.153 e. The van der Waals surface area contributed by atoms with Crippen molar-refractivity contribution in [3.05, 3.63) is 90.5 Å². The molecule has 3 nitrogen and oxygen atoms in total. The zero-order chi connectivity index (χ0) is 20.9. The lowest BCUT2D eigenvalue weighted by Gasteiger charge is -2.05. The largest absolute Gasteiger partial charge is 0.455 e. The molecule has 6 rings (SSSR count). The van der Waals surface area contributed by atoms with E-state index in [0.717, 1.165) is 55.6 Å². The normalized spacial score (nSPS) is 11.8. The van der Waals surface area contributed by atoms with Crippen LogP contribution in [0.2, 0.25) is 0 Å². The fourth-order valence-corrected chi connectivity index (χ4v) is 4.20. The fourth-order valence-electron chi connectivity index (χ4n) is 4.20. The van der Waals surface area contributed by atoms with Gasteiger partial charge in [0.2, 0.25) is 0 Å². The first-order valence-corrected chi connectivity index (χ1v) is 10.6. The van der Waals surface area contributed by atoms with Gasteiger partial charge in [-0.25, -0.2) is 4.98 Å². The molecule has 0 saturated heterocycles. The van der Waals surface area contributed by atoms with Crippen LogP contribution in [0, 0.1) is 0 Å². The molecular weight excluding hydrogens is 382 g/mol. The van der Waals surface area contributed by atoms with E-state index < -0.39 is 0 Å². The molecule has 0 atom stereocenters. The molecule has 0 unspecified atom stereocenters. The van der Waals surface area contributed by atoms with Crippen LogP contribution in [0.1, 0.15) is 25.3 Å². The van der Waals surface area contributed by atoms with E-state index in [-0.39, 0.29) is 0 Å². The molecule has 3 heteroatoms. The zero-order valence-electron chi connectivity index (χ0n) is 17.4. The van der Waals surface area contributed by atoms with Gasteiger partial charge in [-0.15, -0.1) is 0 Å². The number of hydrogen-bond acceptors (Lipinski definition) is 3. The van der Waals surface area contributed by atoms with Gasteiger partial charge in [-0.05, 0) is 35.7 Å². The van der Waals surface area contributed by atoms with E-state index in [1.54, 1.807) is 0 Å². The maximum atomic E-state index is 6.19. The molecule has 0 spiro atoms. The van der Waals surface area contributed by atoms with Gasteiger partial charge in [0.25, 0.3) is 0 Å². The number of furan rings is 2. The third-order valence-corrected chi connectivity index (χ3v) is 5.92. The van der Waals surface area contributed by atoms with Gasteiger partial charge in [0.05, 0.1) is 5.69 Å². The van der Waals surface area contributed by atoms with E-state index in [9.17, 15) is 0 Å². The average molecular weight is 403 g/mol. The number of hydrogen-bond donors (Lipinski definition) is 0. The highest BCUT2D eigenvalue weighted by atomic mass is 16.3. The third kappa shape index (κ3) is 2.93. The van der Waals surface area contributed by atoms with Crippen molar-refractivity contribution in [3.8, 4) is 22.6 Å². The number of para-hydroxylation sites is 2. The highest BCUT2D eigenvalue weighted by Crippen LogP contribution is 2.36. The summed E-state index contributed by atoms with van der Waals surface area (Å²) in [6, 6.07) is 28.9. The van der Waals surface area contributed by atoms with Crippen molar-refractivity contribution in [2.45, 2.75) is 19.8 Å². The molecule has 0 saturated carbocycles. The standard InChI is InChI=1S/C28H21NO2/c1-17(2)18-10-12-19(13-11-18)27-16-24-26(30-27)15-14-23(29-24)22-8-5-7-21-20-6-3-4-9-25(20)31-28(21)22/h3-17H,1-2H3. The monoisotopic (exact) mass is 403 g/mol. The summed E-state index contributed by atoms with van der Waals surface area (Å²) < 4.78 is 12.3. The van der Waals surface area contributed by atoms with Gasteiger partial charge in [0.1, 0.15) is 22.4 Å². The number of pyridine rings is 1. The molecule has 0 aliphatic heterocycles. The number of aromatic nitrogens is 1. The lowest BCUT2D eigenvalue weighted by atomic mass is 10.0. The van der Waals surface area contributed by atoms with Crippen molar-refractivity contribution in [1.82, 2.24) is 4.98 Å². The van der Waals surface area contributed by atoms with E-state index in [4.69, 9.17) is 13.8 Å². The van der Waals surface area contributed by atoms with Crippen molar-refractivity contribution in [1.29, 1.82) is 0 Å². The molecule has 3 aromatic heterocycles. The second-order valence-electron chi connectivity index (χ2n) is 8.25. The molecule has 0 radical (unpaired) electrons. The van der Waals surface area contributed by atoms with Crippen LogP contribution in [0.5, 0.6) is 0 Å². The molecule has 0 fully saturated rings. The van der Waals surface area contributed by atoms with Crippen molar-refractivity contribution in [3.63, 3.8) is 0 Å². The maximum absolute atomic E-state index is 6.19. The predicted molar refractivity (Wildman–Crippen MR) is 126 cm³/mol. The lowest BCUT2D eigenvalue weighted by molar-refractivity contribution is 0.631. The van der Waals surface area contributed by atoms with Crippen LogP contribution in [-0.4, -0.2) is 4.98 Å². The topological polar surface area (TPSA) is 39.2 Å². The van der Waals surface area contributed by atoms with Crippen LogP contribution < -0.4 is 0 Å². The summed E-state index contributed by atoms with van der Waals surface area (Å²) >= 11 is 0. The molecule has 6 aromatic rings. The van der Waals surface area contributed by atoms with E-state index in [0.29, 0.717) is 5.92 Å². The molecule has 0 bridgehead atoms. The van der Waals surface area contributed by atoms with Gasteiger partial charge in [-0.1, -0.05) is 68.4 Å². The smallest absolute Gasteiger partial charge is 0.153 e. The summed E-state index contributed by atoms with van der Waals surface area (Å²) in [5.74, 6) is 1.34. The molecule has 0 aliphatic carbocycles. The molecular formula is C28H21NO2. The minimum Gasteiger partial charge on any atom is -0.455 e. The SMILES string of the molecule is CC(C)c1ccc(-c2cc3nc(-c4cccc5c4oc4ccccc45)ccc3o2)cc1. The predicted octanol–water partition coefficient (Wildman–Crippen LogP) is 8.18. The summed E-state index contributed by atoms with van der Waals surface area (Å²) in [5.41, 5.74) is 7.61. The number of benzene rings is 3. The van der Waals surface area contributed by atoms with Crippen molar-refractivity contribution in [2.24, 2.45) is 0 Å². The van der Waals surface area contributed by atoms with Crippen LogP contribution in [0.3, 0.4) is 0 Å². The Balaban J connectivity index is 1.46. The second kappa shape index (κ2) is 6.85. The van der Waals surface area contributed by atoms with Crippen LogP contribution in [0.15, 0.2) is 93.8 Å². The van der Waals surface area contributed by atoms with Crippen LogP contribution in [0.4, 0.5) is 0 Å². The summed E-state index contributed by atoms with van der Waals surface area (Å²) in [5, 5.41) is 2.23. The summed E-state index contributed by atoms with van der Waals surface area (Å²) in [4.78, 5) is 4.90. The molecule has 3 heterocycles. The summed E-state index contributed by atoms with van der Waals surface area (Å²) in [6.07, 6.45) is 0. The lowest BCUT2D eigenvalue weighted by Crippen LogP contribution is -1.85. The first-order chi connectivity index (χ1) is 15.2. The Morgan fingerprint density at radius 3 is 2.35 bits per heavy atom. The molecule has 150 valence electrons. The Morgan fingerprint density at radius 2 is 1.52 bits per heavy atom. The summed E-state index contributed by atoms with van der Waals surface area (Å²) in [7, 11) is 0. The minimum absolute atomic E-state index is 0.509. The van der Waals surface area contributed by atoms with Crippen molar-refractivity contribution < 1.29 is 8.83 Å². The van der Waals surface area contributed by atoms with Gasteiger partial charge in [-0.2, -0.15) is 0 Å².